The number of para-hydroxylation sites is 7. The van der Waals surface area contributed by atoms with E-state index in [1.807, 2.05) is 12.1 Å². The monoisotopic (exact) mass is 1760 g/mol. The van der Waals surface area contributed by atoms with Gasteiger partial charge in [-0.15, -0.1) is 0 Å². The van der Waals surface area contributed by atoms with Gasteiger partial charge in [-0.1, -0.05) is 382 Å². The van der Waals surface area contributed by atoms with Crippen LogP contribution in [0, 0.1) is 0 Å². The van der Waals surface area contributed by atoms with E-state index in [0.29, 0.717) is 0 Å². The molecule has 6 heterocycles. The Morgan fingerprint density at radius 2 is 0.377 bits per heavy atom. The van der Waals surface area contributed by atoms with E-state index in [1.54, 1.807) is 0 Å². The van der Waals surface area contributed by atoms with Crippen molar-refractivity contribution in [2.45, 2.75) is 0 Å². The largest absolute Gasteiger partial charge is 0.456 e. The zero-order valence-electron chi connectivity index (χ0n) is 75.4. The highest BCUT2D eigenvalue weighted by Gasteiger charge is 2.26. The van der Waals surface area contributed by atoms with Gasteiger partial charge in [0.05, 0.1) is 55.2 Å². The molecule has 0 amide bonds. The van der Waals surface area contributed by atoms with Crippen LogP contribution in [0.4, 0.5) is 0 Å². The molecule has 6 nitrogen and oxygen atoms in total. The summed E-state index contributed by atoms with van der Waals surface area (Å²) in [5.41, 5.74) is 38.8. The Morgan fingerprint density at radius 1 is 0.116 bits per heavy atom. The minimum atomic E-state index is 0.929. The van der Waals surface area contributed by atoms with Gasteiger partial charge >= 0.3 is 0 Å². The van der Waals surface area contributed by atoms with Gasteiger partial charge < -0.3 is 27.3 Å². The summed E-state index contributed by atoms with van der Waals surface area (Å²) in [7, 11) is 0. The molecule has 0 aliphatic carbocycles. The number of furan rings is 1. The molecular formula is C132H87N5O. The second-order valence-electron chi connectivity index (χ2n) is 35.8. The van der Waals surface area contributed by atoms with Crippen LogP contribution >= 0.6 is 0 Å². The molecule has 0 saturated heterocycles. The molecule has 0 saturated carbocycles. The van der Waals surface area contributed by atoms with Gasteiger partial charge in [-0.05, 0) is 235 Å². The highest BCUT2D eigenvalue weighted by molar-refractivity contribution is 6.27. The normalized spacial score (nSPS) is 11.6. The van der Waals surface area contributed by atoms with Crippen LogP contribution < -0.4 is 0 Å². The first-order valence-electron chi connectivity index (χ1n) is 47.3. The summed E-state index contributed by atoms with van der Waals surface area (Å²) in [5, 5.41) is 14.7. The summed E-state index contributed by atoms with van der Waals surface area (Å²) >= 11 is 0. The molecule has 0 atom stereocenters. The van der Waals surface area contributed by atoms with E-state index in [9.17, 15) is 0 Å². The van der Waals surface area contributed by atoms with Crippen molar-refractivity contribution in [3.05, 3.63) is 528 Å². The molecule has 0 aliphatic heterocycles. The first kappa shape index (κ1) is 80.5. The van der Waals surface area contributed by atoms with Gasteiger partial charge in [-0.2, -0.15) is 0 Å². The van der Waals surface area contributed by atoms with E-state index in [4.69, 9.17) is 4.42 Å². The molecule has 6 heteroatoms. The van der Waals surface area contributed by atoms with Gasteiger partial charge in [-0.25, -0.2) is 0 Å². The predicted molar refractivity (Wildman–Crippen MR) is 582 cm³/mol. The Hall–Kier alpha value is -18.4. The Kier molecular flexibility index (Phi) is 19.9. The number of hydrogen-bond acceptors (Lipinski definition) is 1. The molecule has 0 fully saturated rings. The summed E-state index contributed by atoms with van der Waals surface area (Å²) in [5.74, 6) is 0. The van der Waals surface area contributed by atoms with Crippen LogP contribution in [0.5, 0.6) is 0 Å². The molecule has 0 unspecified atom stereocenters. The van der Waals surface area contributed by atoms with Crippen LogP contribution in [-0.2, 0) is 0 Å². The molecule has 22 aromatic carbocycles. The average molecular weight is 1760 g/mol. The summed E-state index contributed by atoms with van der Waals surface area (Å²) in [6, 6.07) is 191. The Morgan fingerprint density at radius 3 is 0.775 bits per heavy atom. The average Bonchev–Trinajstić information content (AvgIpc) is 1.55. The molecule has 0 spiro atoms. The zero-order chi connectivity index (χ0) is 91.1. The van der Waals surface area contributed by atoms with E-state index >= 15 is 0 Å². The van der Waals surface area contributed by atoms with Crippen molar-refractivity contribution < 1.29 is 4.42 Å². The molecule has 0 N–H and O–H groups in total. The quantitative estimate of drug-likeness (QED) is 0.113. The number of aromatic nitrogens is 5. The van der Waals surface area contributed by atoms with Crippen LogP contribution in [0.1, 0.15) is 0 Å². The van der Waals surface area contributed by atoms with Crippen LogP contribution in [-0.4, -0.2) is 22.8 Å². The number of benzene rings is 22. The van der Waals surface area contributed by atoms with Crippen molar-refractivity contribution in [3.8, 4) is 117 Å². The first-order chi connectivity index (χ1) is 68.5. The van der Waals surface area contributed by atoms with Crippen molar-refractivity contribution in [1.29, 1.82) is 0 Å². The number of rotatable bonds is 13. The van der Waals surface area contributed by atoms with Crippen molar-refractivity contribution in [3.63, 3.8) is 0 Å². The van der Waals surface area contributed by atoms with Crippen LogP contribution in [0.25, 0.3) is 248 Å². The molecule has 28 aromatic rings. The smallest absolute Gasteiger partial charge is 0.136 e. The minimum Gasteiger partial charge on any atom is -0.456 e. The van der Waals surface area contributed by atoms with Gasteiger partial charge in [-0.3, -0.25) is 0 Å². The second kappa shape index (κ2) is 34.0. The summed E-state index contributed by atoms with van der Waals surface area (Å²) in [6.07, 6.45) is 0. The third-order valence-corrected chi connectivity index (χ3v) is 27.7. The topological polar surface area (TPSA) is 37.8 Å². The SMILES string of the molecule is c1ccc(-c2cc(-c3ccccc3)cc(-c3ccc(-n4c5ccccc5c5c4ccc4c6ccccc6n(-c6cc(-c7ccccc7)cc(-c7ccccc7)c6)c45)cc3)c2)cc1.c1ccc(-c2cc(-c3ccccc3)cc(-n3c4ccccc4c4ccc5c6ccccc6n(-c6ccccc6)c5c43)c2)cc1.c1ccc(-c2ccc(-n3c4ccccc4c4cc5oc6ccccc6c5cc43)cc2)cc1. The van der Waals surface area contributed by atoms with Gasteiger partial charge in [0.2, 0.25) is 0 Å². The fraction of sp³-hybridized carbons (Fsp3) is 0. The maximum atomic E-state index is 6.18. The Labute approximate surface area is 797 Å². The van der Waals surface area contributed by atoms with E-state index in [0.717, 1.165) is 50.4 Å². The summed E-state index contributed by atoms with van der Waals surface area (Å²) < 4.78 is 18.4. The Balaban J connectivity index is 0.000000113. The lowest BCUT2D eigenvalue weighted by molar-refractivity contribution is 0.669. The van der Waals surface area contributed by atoms with E-state index < -0.39 is 0 Å². The van der Waals surface area contributed by atoms with Crippen molar-refractivity contribution >= 4 is 131 Å². The van der Waals surface area contributed by atoms with Gasteiger partial charge in [0.15, 0.2) is 0 Å². The number of fused-ring (bicyclic) bond motifs is 20. The van der Waals surface area contributed by atoms with E-state index in [1.165, 1.54) is 198 Å². The summed E-state index contributed by atoms with van der Waals surface area (Å²) in [4.78, 5) is 0. The third-order valence-electron chi connectivity index (χ3n) is 27.7. The standard InChI is InChI=1S/C60H40N2.C42H28N2.C30H19NO/c1-5-17-41(18-6-1)46-35-47(42-19-7-2-8-20-42)37-48(36-46)45-29-31-51(32-30-45)61-57-28-16-14-26-55(57)59-58(61)34-33-54-53-25-13-15-27-56(53)62(60(54)59)52-39-49(43-21-9-3-10-22-43)38-50(40-52)44-23-11-4-12-24-44;1-4-14-29(15-5-1)31-26-32(30-16-6-2-7-17-30)28-34(27-31)44-40-23-13-11-21-36(40)38-25-24-37-35-20-10-12-22-39(35)43(41(37)42(38)44)33-18-8-3-9-19-33;1-2-8-20(9-3-1)21-14-16-22(17-15-21)31-27-12-6-4-10-23(27)25-19-30-26(18-28(25)31)24-11-5-7-13-29(24)32-30/h1-40H;1-28H;1-19H. The molecule has 0 radical (unpaired) electrons. The van der Waals surface area contributed by atoms with Crippen molar-refractivity contribution in [2.24, 2.45) is 0 Å². The van der Waals surface area contributed by atoms with Gasteiger partial charge in [0.25, 0.3) is 0 Å². The lowest BCUT2D eigenvalue weighted by Gasteiger charge is -2.15. The molecule has 646 valence electrons. The molecule has 0 bridgehead atoms. The minimum absolute atomic E-state index is 0.929. The second-order valence-corrected chi connectivity index (χ2v) is 35.8. The Bertz CT molecular complexity index is 9330. The zero-order valence-corrected chi connectivity index (χ0v) is 75.4. The maximum absolute atomic E-state index is 6.18. The molecular weight excluding hydrogens is 1670 g/mol. The number of hydrogen-bond donors (Lipinski definition) is 0. The molecule has 6 aromatic heterocycles. The fourth-order valence-corrected chi connectivity index (χ4v) is 21.4. The number of nitrogens with zero attached hydrogens (tertiary/aromatic N) is 5. The lowest BCUT2D eigenvalue weighted by atomic mass is 9.93. The van der Waals surface area contributed by atoms with Crippen molar-refractivity contribution in [1.82, 2.24) is 22.8 Å². The van der Waals surface area contributed by atoms with Crippen LogP contribution in [0.3, 0.4) is 0 Å². The third kappa shape index (κ3) is 14.0. The maximum Gasteiger partial charge on any atom is 0.136 e. The highest BCUT2D eigenvalue weighted by Crippen LogP contribution is 2.48. The summed E-state index contributed by atoms with van der Waals surface area (Å²) in [6.45, 7) is 0. The first-order valence-corrected chi connectivity index (χ1v) is 47.3. The molecule has 138 heavy (non-hydrogen) atoms. The highest BCUT2D eigenvalue weighted by atomic mass is 16.3. The van der Waals surface area contributed by atoms with Crippen LogP contribution in [0.15, 0.2) is 532 Å². The van der Waals surface area contributed by atoms with Gasteiger partial charge in [0.1, 0.15) is 11.2 Å². The van der Waals surface area contributed by atoms with Crippen molar-refractivity contribution in [2.75, 3.05) is 0 Å². The fourth-order valence-electron chi connectivity index (χ4n) is 21.4. The van der Waals surface area contributed by atoms with E-state index in [-0.39, 0.29) is 0 Å². The van der Waals surface area contributed by atoms with E-state index in [2.05, 4.69) is 538 Å². The molecule has 28 rings (SSSR count). The molecule has 0 aliphatic rings. The predicted octanol–water partition coefficient (Wildman–Crippen LogP) is 35.8. The van der Waals surface area contributed by atoms with Crippen LogP contribution in [0.2, 0.25) is 0 Å². The van der Waals surface area contributed by atoms with Gasteiger partial charge in [0, 0.05) is 93.1 Å². The lowest BCUT2D eigenvalue weighted by Crippen LogP contribution is -1.99.